The van der Waals surface area contributed by atoms with Crippen molar-refractivity contribution in [2.75, 3.05) is 19.8 Å². The van der Waals surface area contributed by atoms with Crippen LogP contribution in [0.3, 0.4) is 0 Å². The number of hydrogen-bond donors (Lipinski definition) is 0. The Morgan fingerprint density at radius 1 is 0.591 bits per heavy atom. The van der Waals surface area contributed by atoms with Crippen LogP contribution < -0.4 is 0 Å². The van der Waals surface area contributed by atoms with Gasteiger partial charge in [-0.15, -0.1) is 0 Å². The van der Waals surface area contributed by atoms with E-state index >= 15 is 0 Å². The van der Waals surface area contributed by atoms with Crippen molar-refractivity contribution < 1.29 is 84.2 Å². The summed E-state index contributed by atoms with van der Waals surface area (Å²) in [4.78, 5) is 0. The van der Waals surface area contributed by atoms with E-state index in [-0.39, 0.29) is 52.5 Å². The molecule has 0 amide bonds. The Hall–Kier alpha value is 0.714. The van der Waals surface area contributed by atoms with Crippen molar-refractivity contribution in [2.24, 2.45) is 0 Å². The van der Waals surface area contributed by atoms with Gasteiger partial charge in [0.1, 0.15) is 0 Å². The van der Waals surface area contributed by atoms with Crippen LogP contribution in [0.25, 0.3) is 0 Å². The molecule has 0 unspecified atom stereocenters. The van der Waals surface area contributed by atoms with Gasteiger partial charge in [0.05, 0.1) is 19.8 Å². The summed E-state index contributed by atoms with van der Waals surface area (Å²) in [7, 11) is -13.3. The minimum atomic E-state index is -4.42. The van der Waals surface area contributed by atoms with E-state index in [0.717, 1.165) is 0 Å². The molecule has 0 aromatic rings. The molecule has 0 atom stereocenters. The molecule has 16 heteroatoms. The molecule has 0 bridgehead atoms. The molecule has 0 aliphatic rings. The zero-order valence-electron chi connectivity index (χ0n) is 11.8. The van der Waals surface area contributed by atoms with Crippen LogP contribution in [0.5, 0.6) is 0 Å². The first-order chi connectivity index (χ1) is 9.18. The Morgan fingerprint density at radius 2 is 0.727 bits per heavy atom. The molecule has 0 spiro atoms. The Bertz CT molecular complexity index is 455. The van der Waals surface area contributed by atoms with Crippen molar-refractivity contribution in [2.45, 2.75) is 20.8 Å². The van der Waals surface area contributed by atoms with Crippen molar-refractivity contribution in [3.8, 4) is 0 Å². The first-order valence-corrected chi connectivity index (χ1v) is 8.99. The molecule has 12 nitrogen and oxygen atoms in total. The first kappa shape index (κ1) is 30.6. The largest absolute Gasteiger partial charge is 3.00 e. The monoisotopic (exact) mass is 464 g/mol. The predicted octanol–water partition coefficient (Wildman–Crippen LogP) is -1.55. The fourth-order valence-electron chi connectivity index (χ4n) is 0.433. The summed E-state index contributed by atoms with van der Waals surface area (Å²) in [6.45, 7) is 4.00. The number of hydrogen-bond acceptors (Lipinski definition) is 12. The molecule has 0 rings (SSSR count). The van der Waals surface area contributed by atoms with E-state index in [1.54, 1.807) is 0 Å². The van der Waals surface area contributed by atoms with Gasteiger partial charge in [0.2, 0.25) is 31.2 Å². The molecular formula is C6H15O12S3Y. The average molecular weight is 464 g/mol. The molecule has 132 valence electrons. The third-order valence-corrected chi connectivity index (χ3v) is 2.36. The topological polar surface area (TPSA) is 199 Å². The quantitative estimate of drug-likeness (QED) is 0.324. The van der Waals surface area contributed by atoms with Crippen LogP contribution in [0.4, 0.5) is 0 Å². The zero-order chi connectivity index (χ0) is 17.7. The second kappa shape index (κ2) is 15.3. The summed E-state index contributed by atoms with van der Waals surface area (Å²) in [5, 5.41) is 0. The van der Waals surface area contributed by atoms with Gasteiger partial charge in [0.15, 0.2) is 0 Å². The first-order valence-electron chi connectivity index (χ1n) is 4.99. The SMILES string of the molecule is CCOS(=O)(=O)[O-].CCOS(=O)(=O)[O-].CCOS(=O)(=O)[O-].[Y+3]. The molecule has 0 fully saturated rings. The van der Waals surface area contributed by atoms with Crippen LogP contribution in [0.2, 0.25) is 0 Å². The molecule has 0 aliphatic heterocycles. The van der Waals surface area contributed by atoms with E-state index in [1.165, 1.54) is 20.8 Å². The van der Waals surface area contributed by atoms with Crippen molar-refractivity contribution in [3.05, 3.63) is 0 Å². The van der Waals surface area contributed by atoms with E-state index in [9.17, 15) is 38.9 Å². The van der Waals surface area contributed by atoms with Crippen LogP contribution in [-0.4, -0.2) is 58.7 Å². The van der Waals surface area contributed by atoms with Crippen LogP contribution in [0, 0.1) is 0 Å². The normalized spacial score (nSPS) is 11.2. The van der Waals surface area contributed by atoms with Gasteiger partial charge >= 0.3 is 32.7 Å². The van der Waals surface area contributed by atoms with Crippen molar-refractivity contribution in [1.29, 1.82) is 0 Å². The molecule has 0 radical (unpaired) electrons. The molecule has 22 heavy (non-hydrogen) atoms. The van der Waals surface area contributed by atoms with Crippen molar-refractivity contribution in [1.82, 2.24) is 0 Å². The van der Waals surface area contributed by atoms with Gasteiger partial charge in [-0.3, -0.25) is 12.5 Å². The van der Waals surface area contributed by atoms with E-state index in [1.807, 2.05) is 0 Å². The minimum absolute atomic E-state index is 0. The van der Waals surface area contributed by atoms with Gasteiger partial charge in [-0.25, -0.2) is 25.3 Å². The van der Waals surface area contributed by atoms with E-state index < -0.39 is 31.2 Å². The number of rotatable bonds is 6. The van der Waals surface area contributed by atoms with Crippen molar-refractivity contribution >= 4 is 31.2 Å². The Labute approximate surface area is 155 Å². The third-order valence-electron chi connectivity index (χ3n) is 0.787. The van der Waals surface area contributed by atoms with Crippen LogP contribution >= 0.6 is 0 Å². The summed E-state index contributed by atoms with van der Waals surface area (Å²) >= 11 is 0. The Kier molecular flexibility index (Phi) is 21.2. The van der Waals surface area contributed by atoms with Gasteiger partial charge in [-0.2, -0.15) is 0 Å². The van der Waals surface area contributed by atoms with Gasteiger partial charge in [0.25, 0.3) is 0 Å². The summed E-state index contributed by atoms with van der Waals surface area (Å²) < 4.78 is 96.0. The standard InChI is InChI=1S/3C2H6O4S.Y/c3*1-2-6-7(3,4)5;/h3*2H2,1H3,(H,3,4,5);/q;;;+3/p-3. The predicted molar refractivity (Wildman–Crippen MR) is 64.0 cm³/mol. The van der Waals surface area contributed by atoms with E-state index in [4.69, 9.17) is 0 Å². The molecular weight excluding hydrogens is 449 g/mol. The Morgan fingerprint density at radius 3 is 0.727 bits per heavy atom. The molecule has 0 saturated heterocycles. The average Bonchev–Trinajstić information content (AvgIpc) is 2.12. The second-order valence-corrected chi connectivity index (χ2v) is 5.60. The van der Waals surface area contributed by atoms with E-state index in [2.05, 4.69) is 12.5 Å². The summed E-state index contributed by atoms with van der Waals surface area (Å²) in [5.41, 5.74) is 0. The minimum Gasteiger partial charge on any atom is -0.726 e. The summed E-state index contributed by atoms with van der Waals surface area (Å²) in [6.07, 6.45) is 0. The third kappa shape index (κ3) is 49.8. The molecule has 0 aliphatic carbocycles. The van der Waals surface area contributed by atoms with Crippen molar-refractivity contribution in [3.63, 3.8) is 0 Å². The summed E-state index contributed by atoms with van der Waals surface area (Å²) in [5.74, 6) is 0. The molecule has 0 saturated carbocycles. The maximum atomic E-state index is 9.45. The second-order valence-electron chi connectivity index (χ2n) is 2.44. The van der Waals surface area contributed by atoms with Gasteiger partial charge in [-0.05, 0) is 20.8 Å². The van der Waals surface area contributed by atoms with Gasteiger partial charge in [-0.1, -0.05) is 0 Å². The Balaban J connectivity index is -0.000000108. The molecule has 0 heterocycles. The van der Waals surface area contributed by atoms with Gasteiger partial charge < -0.3 is 13.7 Å². The molecule has 0 aromatic heterocycles. The van der Waals surface area contributed by atoms with E-state index in [0.29, 0.717) is 0 Å². The van der Waals surface area contributed by atoms with Crippen LogP contribution in [-0.2, 0) is 76.5 Å². The maximum Gasteiger partial charge on any atom is 3.00 e. The smallest absolute Gasteiger partial charge is 0.726 e. The molecule has 0 N–H and O–H groups in total. The fraction of sp³-hybridized carbons (Fsp3) is 1.00. The van der Waals surface area contributed by atoms with Crippen LogP contribution in [0.1, 0.15) is 20.8 Å². The fourth-order valence-corrected chi connectivity index (χ4v) is 1.30. The van der Waals surface area contributed by atoms with Crippen LogP contribution in [0.15, 0.2) is 0 Å². The van der Waals surface area contributed by atoms with Gasteiger partial charge in [0, 0.05) is 0 Å². The molecule has 0 aromatic carbocycles. The maximum absolute atomic E-state index is 9.45. The summed E-state index contributed by atoms with van der Waals surface area (Å²) in [6, 6.07) is 0. The zero-order valence-corrected chi connectivity index (χ0v) is 17.1.